The van der Waals surface area contributed by atoms with Crippen LogP contribution >= 0.6 is 0 Å². The van der Waals surface area contributed by atoms with Crippen molar-refractivity contribution < 1.29 is 19.5 Å². The number of benzene rings is 1. The van der Waals surface area contributed by atoms with E-state index in [-0.39, 0.29) is 16.8 Å². The van der Waals surface area contributed by atoms with Gasteiger partial charge in [-0.05, 0) is 37.0 Å². The SMILES string of the molecule is CC1CCN(OC(=O)c2ccc(C(=O)O)c(N)c2)CC1. The Kier molecular flexibility index (Phi) is 4.24. The topological polar surface area (TPSA) is 92.9 Å². The van der Waals surface area contributed by atoms with Gasteiger partial charge in [0.2, 0.25) is 0 Å². The number of hydroxylamine groups is 2. The number of carboxylic acid groups (broad SMARTS) is 1. The van der Waals surface area contributed by atoms with Crippen molar-refractivity contribution in [3.05, 3.63) is 29.3 Å². The van der Waals surface area contributed by atoms with Gasteiger partial charge in [-0.2, -0.15) is 0 Å². The van der Waals surface area contributed by atoms with Crippen LogP contribution in [0.4, 0.5) is 5.69 Å². The molecule has 0 spiro atoms. The van der Waals surface area contributed by atoms with Gasteiger partial charge in [0.15, 0.2) is 0 Å². The highest BCUT2D eigenvalue weighted by molar-refractivity contribution is 5.97. The fraction of sp³-hybridized carbons (Fsp3) is 0.429. The minimum atomic E-state index is -1.12. The van der Waals surface area contributed by atoms with E-state index in [0.29, 0.717) is 5.92 Å². The molecule has 3 N–H and O–H groups in total. The van der Waals surface area contributed by atoms with Crippen molar-refractivity contribution in [2.24, 2.45) is 5.92 Å². The fourth-order valence-electron chi connectivity index (χ4n) is 2.13. The Balaban J connectivity index is 2.02. The van der Waals surface area contributed by atoms with Gasteiger partial charge in [0, 0.05) is 18.8 Å². The van der Waals surface area contributed by atoms with Crippen molar-refractivity contribution in [2.45, 2.75) is 19.8 Å². The van der Waals surface area contributed by atoms with Gasteiger partial charge in [-0.15, -0.1) is 5.06 Å². The minimum Gasteiger partial charge on any atom is -0.478 e. The smallest absolute Gasteiger partial charge is 0.357 e. The molecule has 6 nitrogen and oxygen atoms in total. The standard InChI is InChI=1S/C14H18N2O4/c1-9-4-6-16(7-5-9)20-14(19)10-2-3-11(13(17)18)12(15)8-10/h2-3,8-9H,4-7,15H2,1H3,(H,17,18). The van der Waals surface area contributed by atoms with Crippen LogP contribution in [0, 0.1) is 5.92 Å². The van der Waals surface area contributed by atoms with Crippen LogP contribution in [0.3, 0.4) is 0 Å². The predicted molar refractivity (Wildman–Crippen MR) is 73.2 cm³/mol. The number of piperidine rings is 1. The molecule has 0 unspecified atom stereocenters. The highest BCUT2D eigenvalue weighted by Crippen LogP contribution is 2.19. The summed E-state index contributed by atoms with van der Waals surface area (Å²) >= 11 is 0. The average Bonchev–Trinajstić information content (AvgIpc) is 2.40. The van der Waals surface area contributed by atoms with E-state index in [1.165, 1.54) is 18.2 Å². The van der Waals surface area contributed by atoms with E-state index in [1.54, 1.807) is 5.06 Å². The lowest BCUT2D eigenvalue weighted by molar-refractivity contribution is -0.125. The summed E-state index contributed by atoms with van der Waals surface area (Å²) in [6, 6.07) is 4.06. The van der Waals surface area contributed by atoms with Crippen LogP contribution in [0.1, 0.15) is 40.5 Å². The third kappa shape index (κ3) is 3.27. The van der Waals surface area contributed by atoms with E-state index < -0.39 is 11.9 Å². The van der Waals surface area contributed by atoms with Gasteiger partial charge < -0.3 is 15.7 Å². The molecular weight excluding hydrogens is 260 g/mol. The number of anilines is 1. The zero-order chi connectivity index (χ0) is 14.7. The monoisotopic (exact) mass is 278 g/mol. The number of hydrogen-bond donors (Lipinski definition) is 2. The molecule has 1 fully saturated rings. The molecule has 1 heterocycles. The predicted octanol–water partition coefficient (Wildman–Crippen LogP) is 1.77. The first-order valence-electron chi connectivity index (χ1n) is 6.57. The van der Waals surface area contributed by atoms with E-state index in [4.69, 9.17) is 15.7 Å². The number of carbonyl (C=O) groups excluding carboxylic acids is 1. The van der Waals surface area contributed by atoms with E-state index in [9.17, 15) is 9.59 Å². The molecule has 0 amide bonds. The van der Waals surface area contributed by atoms with E-state index in [0.717, 1.165) is 25.9 Å². The Morgan fingerprint density at radius 2 is 2.00 bits per heavy atom. The molecule has 20 heavy (non-hydrogen) atoms. The molecule has 0 aliphatic carbocycles. The number of rotatable bonds is 3. The maximum absolute atomic E-state index is 12.0. The average molecular weight is 278 g/mol. The normalized spacial score (nSPS) is 16.9. The lowest BCUT2D eigenvalue weighted by Crippen LogP contribution is -2.35. The van der Waals surface area contributed by atoms with E-state index >= 15 is 0 Å². The van der Waals surface area contributed by atoms with Crippen molar-refractivity contribution in [1.29, 1.82) is 0 Å². The molecule has 1 aliphatic rings. The van der Waals surface area contributed by atoms with Crippen molar-refractivity contribution >= 4 is 17.6 Å². The number of hydrogen-bond acceptors (Lipinski definition) is 5. The molecule has 0 bridgehead atoms. The number of nitrogens with zero attached hydrogens (tertiary/aromatic N) is 1. The number of nitrogens with two attached hydrogens (primary N) is 1. The van der Waals surface area contributed by atoms with Crippen LogP contribution in [0.15, 0.2) is 18.2 Å². The van der Waals surface area contributed by atoms with Gasteiger partial charge in [0.05, 0.1) is 11.1 Å². The van der Waals surface area contributed by atoms with Gasteiger partial charge in [-0.25, -0.2) is 9.59 Å². The second kappa shape index (κ2) is 5.92. The van der Waals surface area contributed by atoms with E-state index in [2.05, 4.69) is 6.92 Å². The van der Waals surface area contributed by atoms with Crippen LogP contribution in [-0.2, 0) is 4.84 Å². The lowest BCUT2D eigenvalue weighted by Gasteiger charge is -2.28. The lowest BCUT2D eigenvalue weighted by atomic mass is 10.0. The molecule has 6 heteroatoms. The van der Waals surface area contributed by atoms with Gasteiger partial charge >= 0.3 is 11.9 Å². The van der Waals surface area contributed by atoms with Gasteiger partial charge in [0.25, 0.3) is 0 Å². The fourth-order valence-corrected chi connectivity index (χ4v) is 2.13. The first-order chi connectivity index (χ1) is 9.47. The summed E-state index contributed by atoms with van der Waals surface area (Å²) in [5, 5.41) is 10.5. The summed E-state index contributed by atoms with van der Waals surface area (Å²) in [5.74, 6) is -0.980. The van der Waals surface area contributed by atoms with Crippen LogP contribution in [0.5, 0.6) is 0 Å². The Hall–Kier alpha value is -2.08. The molecule has 0 radical (unpaired) electrons. The largest absolute Gasteiger partial charge is 0.478 e. The summed E-state index contributed by atoms with van der Waals surface area (Å²) in [7, 11) is 0. The van der Waals surface area contributed by atoms with Crippen molar-refractivity contribution in [3.63, 3.8) is 0 Å². The first-order valence-corrected chi connectivity index (χ1v) is 6.57. The maximum Gasteiger partial charge on any atom is 0.357 e. The number of carbonyl (C=O) groups is 2. The molecule has 0 atom stereocenters. The van der Waals surface area contributed by atoms with Gasteiger partial charge in [-0.3, -0.25) is 0 Å². The van der Waals surface area contributed by atoms with Gasteiger partial charge in [0.1, 0.15) is 0 Å². The zero-order valence-electron chi connectivity index (χ0n) is 11.3. The summed E-state index contributed by atoms with van der Waals surface area (Å²) in [6.45, 7) is 3.61. The molecule has 108 valence electrons. The third-order valence-electron chi connectivity index (χ3n) is 3.47. The number of carboxylic acids is 1. The Morgan fingerprint density at radius 1 is 1.35 bits per heavy atom. The molecule has 0 aromatic heterocycles. The Labute approximate surface area is 117 Å². The minimum absolute atomic E-state index is 0.0200. The zero-order valence-corrected chi connectivity index (χ0v) is 11.3. The Bertz CT molecular complexity index is 522. The quantitative estimate of drug-likeness (QED) is 0.818. The second-order valence-corrected chi connectivity index (χ2v) is 5.10. The maximum atomic E-state index is 12.0. The third-order valence-corrected chi connectivity index (χ3v) is 3.47. The molecule has 1 aliphatic heterocycles. The Morgan fingerprint density at radius 3 is 2.55 bits per heavy atom. The van der Waals surface area contributed by atoms with Crippen molar-refractivity contribution in [2.75, 3.05) is 18.8 Å². The number of nitrogen functional groups attached to an aromatic ring is 1. The van der Waals surface area contributed by atoms with Gasteiger partial charge in [-0.1, -0.05) is 6.92 Å². The number of aromatic carboxylic acids is 1. The first kappa shape index (κ1) is 14.3. The summed E-state index contributed by atoms with van der Waals surface area (Å²) in [4.78, 5) is 28.1. The molecule has 0 saturated carbocycles. The molecule has 1 saturated heterocycles. The molecule has 1 aromatic rings. The molecule has 1 aromatic carbocycles. The van der Waals surface area contributed by atoms with Crippen molar-refractivity contribution in [1.82, 2.24) is 5.06 Å². The van der Waals surface area contributed by atoms with E-state index in [1.807, 2.05) is 0 Å². The van der Waals surface area contributed by atoms with Crippen molar-refractivity contribution in [3.8, 4) is 0 Å². The van der Waals surface area contributed by atoms with Crippen LogP contribution in [0.2, 0.25) is 0 Å². The van der Waals surface area contributed by atoms with Crippen LogP contribution < -0.4 is 5.73 Å². The summed E-state index contributed by atoms with van der Waals surface area (Å²) in [6.07, 6.45) is 1.99. The molecule has 2 rings (SSSR count). The highest BCUT2D eigenvalue weighted by Gasteiger charge is 2.20. The van der Waals surface area contributed by atoms with Crippen LogP contribution in [0.25, 0.3) is 0 Å². The summed E-state index contributed by atoms with van der Waals surface area (Å²) < 4.78 is 0. The summed E-state index contributed by atoms with van der Waals surface area (Å²) in [5.41, 5.74) is 5.90. The molecular formula is C14H18N2O4. The highest BCUT2D eigenvalue weighted by atomic mass is 16.7. The second-order valence-electron chi connectivity index (χ2n) is 5.10. The van der Waals surface area contributed by atoms with Crippen LogP contribution in [-0.4, -0.2) is 35.2 Å².